The minimum absolute atomic E-state index is 0.422. The third kappa shape index (κ3) is 4.08. The Hall–Kier alpha value is -2.35. The first-order valence-corrected chi connectivity index (χ1v) is 7.10. The van der Waals surface area contributed by atoms with Gasteiger partial charge in [0.1, 0.15) is 0 Å². The average Bonchev–Trinajstić information content (AvgIpc) is 2.51. The molecule has 1 amide bonds. The number of nitriles is 1. The summed E-state index contributed by atoms with van der Waals surface area (Å²) in [5.74, 6) is -1.42. The quantitative estimate of drug-likeness (QED) is 0.684. The highest BCUT2D eigenvalue weighted by Gasteiger charge is 2.19. The van der Waals surface area contributed by atoms with Gasteiger partial charge in [0, 0.05) is 10.6 Å². The number of carbonyl (C=O) groups excluding carboxylic acids is 1. The van der Waals surface area contributed by atoms with Crippen molar-refractivity contribution in [3.05, 3.63) is 69.7 Å². The van der Waals surface area contributed by atoms with E-state index >= 15 is 0 Å². The molecule has 0 spiro atoms. The maximum atomic E-state index is 12.0. The molecule has 110 valence electrons. The molecule has 0 aliphatic carbocycles. The van der Waals surface area contributed by atoms with Crippen molar-refractivity contribution in [3.8, 4) is 6.07 Å². The van der Waals surface area contributed by atoms with Gasteiger partial charge in [-0.2, -0.15) is 10.4 Å². The number of benzene rings is 2. The first kappa shape index (κ1) is 16.0. The molecule has 2 rings (SSSR count). The number of hydrazone groups is 1. The zero-order valence-electron chi connectivity index (χ0n) is 11.3. The van der Waals surface area contributed by atoms with Crippen LogP contribution in [0, 0.1) is 11.3 Å². The lowest BCUT2D eigenvalue weighted by atomic mass is 10.0. The second-order valence-corrected chi connectivity index (χ2v) is 5.22. The van der Waals surface area contributed by atoms with Crippen LogP contribution in [0.3, 0.4) is 0 Å². The smallest absolute Gasteiger partial charge is 0.261 e. The fraction of sp³-hybridized carbons (Fsp3) is 0.0625. The van der Waals surface area contributed by atoms with Crippen LogP contribution in [0.2, 0.25) is 10.0 Å². The number of amides is 1. The average molecular weight is 332 g/mol. The van der Waals surface area contributed by atoms with Gasteiger partial charge in [0.25, 0.3) is 5.91 Å². The zero-order chi connectivity index (χ0) is 15.9. The molecule has 0 unspecified atom stereocenters. The van der Waals surface area contributed by atoms with Crippen LogP contribution in [-0.4, -0.2) is 12.1 Å². The molecular weight excluding hydrogens is 321 g/mol. The van der Waals surface area contributed by atoms with Crippen LogP contribution in [-0.2, 0) is 4.79 Å². The van der Waals surface area contributed by atoms with E-state index in [9.17, 15) is 4.79 Å². The van der Waals surface area contributed by atoms with Gasteiger partial charge in [-0.3, -0.25) is 4.79 Å². The number of hydrogen-bond acceptors (Lipinski definition) is 3. The van der Waals surface area contributed by atoms with Gasteiger partial charge in [0.2, 0.25) is 0 Å². The molecule has 0 bridgehead atoms. The summed E-state index contributed by atoms with van der Waals surface area (Å²) in [7, 11) is 0. The van der Waals surface area contributed by atoms with E-state index in [0.29, 0.717) is 21.2 Å². The number of hydrogen-bond donors (Lipinski definition) is 1. The van der Waals surface area contributed by atoms with Gasteiger partial charge >= 0.3 is 0 Å². The molecule has 0 aliphatic heterocycles. The van der Waals surface area contributed by atoms with Gasteiger partial charge in [-0.15, -0.1) is 0 Å². The summed E-state index contributed by atoms with van der Waals surface area (Å²) < 4.78 is 0. The van der Waals surface area contributed by atoms with E-state index in [2.05, 4.69) is 10.5 Å². The topological polar surface area (TPSA) is 65.2 Å². The van der Waals surface area contributed by atoms with Crippen LogP contribution >= 0.6 is 23.2 Å². The zero-order valence-corrected chi connectivity index (χ0v) is 12.8. The molecule has 6 heteroatoms. The van der Waals surface area contributed by atoms with Crippen molar-refractivity contribution in [3.63, 3.8) is 0 Å². The first-order valence-electron chi connectivity index (χ1n) is 6.34. The number of rotatable bonds is 4. The van der Waals surface area contributed by atoms with E-state index in [1.165, 1.54) is 6.21 Å². The molecule has 4 nitrogen and oxygen atoms in total. The molecule has 0 aliphatic rings. The Balaban J connectivity index is 2.06. The SMILES string of the molecule is N#C[C@@H](C(=O)N/N=C\c1ccc(Cl)cc1Cl)c1ccccc1. The summed E-state index contributed by atoms with van der Waals surface area (Å²) >= 11 is 11.8. The molecule has 0 saturated heterocycles. The van der Waals surface area contributed by atoms with Crippen molar-refractivity contribution >= 4 is 35.3 Å². The third-order valence-corrected chi connectivity index (χ3v) is 3.43. The highest BCUT2D eigenvalue weighted by atomic mass is 35.5. The van der Waals surface area contributed by atoms with E-state index in [1.807, 2.05) is 12.1 Å². The molecule has 22 heavy (non-hydrogen) atoms. The Kier molecular flexibility index (Phi) is 5.54. The summed E-state index contributed by atoms with van der Waals surface area (Å²) in [6.45, 7) is 0. The Morgan fingerprint density at radius 1 is 1.23 bits per heavy atom. The van der Waals surface area contributed by atoms with Gasteiger partial charge in [0.15, 0.2) is 5.92 Å². The van der Waals surface area contributed by atoms with Gasteiger partial charge in [-0.05, 0) is 17.7 Å². The molecule has 0 heterocycles. The van der Waals surface area contributed by atoms with Gasteiger partial charge in [0.05, 0.1) is 17.3 Å². The lowest BCUT2D eigenvalue weighted by Crippen LogP contribution is -2.24. The van der Waals surface area contributed by atoms with E-state index in [4.69, 9.17) is 28.5 Å². The number of carbonyl (C=O) groups is 1. The fourth-order valence-corrected chi connectivity index (χ4v) is 2.22. The van der Waals surface area contributed by atoms with Crippen LogP contribution in [0.25, 0.3) is 0 Å². The molecule has 2 aromatic rings. The summed E-state index contributed by atoms with van der Waals surface area (Å²) in [4.78, 5) is 12.0. The number of halogens is 2. The molecule has 0 saturated carbocycles. The Labute approximate surface area is 138 Å². The largest absolute Gasteiger partial charge is 0.271 e. The molecule has 0 radical (unpaired) electrons. The number of nitrogens with one attached hydrogen (secondary N) is 1. The maximum absolute atomic E-state index is 12.0. The van der Waals surface area contributed by atoms with Crippen molar-refractivity contribution in [2.75, 3.05) is 0 Å². The van der Waals surface area contributed by atoms with E-state index in [0.717, 1.165) is 0 Å². The predicted molar refractivity (Wildman–Crippen MR) is 87.0 cm³/mol. The van der Waals surface area contributed by atoms with Crippen molar-refractivity contribution in [1.82, 2.24) is 5.43 Å². The van der Waals surface area contributed by atoms with Crippen molar-refractivity contribution < 1.29 is 4.79 Å². The summed E-state index contributed by atoms with van der Waals surface area (Å²) in [6, 6.07) is 15.7. The third-order valence-electron chi connectivity index (χ3n) is 2.87. The van der Waals surface area contributed by atoms with Crippen LogP contribution in [0.4, 0.5) is 0 Å². The second-order valence-electron chi connectivity index (χ2n) is 4.37. The second kappa shape index (κ2) is 7.60. The molecular formula is C16H11Cl2N3O. The lowest BCUT2D eigenvalue weighted by molar-refractivity contribution is -0.121. The van der Waals surface area contributed by atoms with E-state index in [-0.39, 0.29) is 0 Å². The van der Waals surface area contributed by atoms with Crippen LogP contribution < -0.4 is 5.43 Å². The lowest BCUT2D eigenvalue weighted by Gasteiger charge is -2.07. The first-order chi connectivity index (χ1) is 10.6. The van der Waals surface area contributed by atoms with Crippen LogP contribution in [0.5, 0.6) is 0 Å². The van der Waals surface area contributed by atoms with Crippen LogP contribution in [0.15, 0.2) is 53.6 Å². The minimum Gasteiger partial charge on any atom is -0.271 e. The van der Waals surface area contributed by atoms with Crippen molar-refractivity contribution in [1.29, 1.82) is 5.26 Å². The monoisotopic (exact) mass is 331 g/mol. The Morgan fingerprint density at radius 3 is 2.59 bits per heavy atom. The van der Waals surface area contributed by atoms with Gasteiger partial charge in [-0.1, -0.05) is 59.6 Å². The van der Waals surface area contributed by atoms with Crippen LogP contribution in [0.1, 0.15) is 17.0 Å². The molecule has 1 atom stereocenters. The Bertz CT molecular complexity index is 739. The maximum Gasteiger partial charge on any atom is 0.261 e. The normalized spacial score (nSPS) is 11.9. The molecule has 1 N–H and O–H groups in total. The molecule has 0 fully saturated rings. The van der Waals surface area contributed by atoms with Gasteiger partial charge < -0.3 is 0 Å². The summed E-state index contributed by atoms with van der Waals surface area (Å²) in [6.07, 6.45) is 1.40. The predicted octanol–water partition coefficient (Wildman–Crippen LogP) is 3.75. The van der Waals surface area contributed by atoms with Crippen molar-refractivity contribution in [2.24, 2.45) is 5.10 Å². The molecule has 2 aromatic carbocycles. The summed E-state index contributed by atoms with van der Waals surface area (Å²) in [5, 5.41) is 13.9. The number of nitrogens with zero attached hydrogens (tertiary/aromatic N) is 2. The highest BCUT2D eigenvalue weighted by Crippen LogP contribution is 2.19. The Morgan fingerprint density at radius 2 is 1.95 bits per heavy atom. The fourth-order valence-electron chi connectivity index (χ4n) is 1.77. The molecule has 0 aromatic heterocycles. The van der Waals surface area contributed by atoms with Crippen molar-refractivity contribution in [2.45, 2.75) is 5.92 Å². The van der Waals surface area contributed by atoms with E-state index in [1.54, 1.807) is 42.5 Å². The van der Waals surface area contributed by atoms with Gasteiger partial charge in [-0.25, -0.2) is 5.43 Å². The summed E-state index contributed by atoms with van der Waals surface area (Å²) in [5.41, 5.74) is 3.56. The minimum atomic E-state index is -0.918. The van der Waals surface area contributed by atoms with E-state index < -0.39 is 11.8 Å². The highest BCUT2D eigenvalue weighted by molar-refractivity contribution is 6.36. The standard InChI is InChI=1S/C16H11Cl2N3O/c17-13-7-6-12(15(18)8-13)10-20-21-16(22)14(9-19)11-4-2-1-3-5-11/h1-8,10,14H,(H,21,22)/b20-10-/t14-/m1/s1.